The smallest absolute Gasteiger partial charge is 0.257 e. The zero-order valence-electron chi connectivity index (χ0n) is 15.1. The monoisotopic (exact) mass is 387 g/mol. The van der Waals surface area contributed by atoms with Gasteiger partial charge in [0.25, 0.3) is 5.91 Å². The molecule has 6 nitrogen and oxygen atoms in total. The van der Waals surface area contributed by atoms with Crippen molar-refractivity contribution >= 4 is 29.2 Å². The Balaban J connectivity index is 1.72. The first-order chi connectivity index (χ1) is 13.1. The fraction of sp³-hybridized carbons (Fsp3) is 0.300. The molecule has 1 atom stereocenters. The lowest BCUT2D eigenvalue weighted by Gasteiger charge is -2.14. The second-order valence-corrected chi connectivity index (χ2v) is 6.58. The van der Waals surface area contributed by atoms with E-state index in [0.717, 1.165) is 30.9 Å². The third kappa shape index (κ3) is 5.70. The molecule has 7 heteroatoms. The Labute approximate surface area is 163 Å². The Kier molecular flexibility index (Phi) is 6.68. The number of anilines is 1. The Morgan fingerprint density at radius 3 is 2.59 bits per heavy atom. The van der Waals surface area contributed by atoms with Gasteiger partial charge in [-0.3, -0.25) is 10.1 Å². The Morgan fingerprint density at radius 1 is 1.22 bits per heavy atom. The number of benzene rings is 2. The number of amides is 1. The number of nitrogens with one attached hydrogen (secondary N) is 2. The van der Waals surface area contributed by atoms with Crippen LogP contribution in [0.3, 0.4) is 0 Å². The van der Waals surface area contributed by atoms with Crippen molar-refractivity contribution < 1.29 is 14.3 Å². The number of carbonyl (C=O) groups is 1. The lowest BCUT2D eigenvalue weighted by Crippen LogP contribution is -2.36. The van der Waals surface area contributed by atoms with Crippen LogP contribution >= 0.6 is 11.6 Å². The minimum Gasteiger partial charge on any atom is -0.497 e. The van der Waals surface area contributed by atoms with E-state index in [1.165, 1.54) is 0 Å². The van der Waals surface area contributed by atoms with Crippen molar-refractivity contribution in [3.8, 4) is 5.75 Å². The van der Waals surface area contributed by atoms with Gasteiger partial charge in [0.15, 0.2) is 0 Å². The van der Waals surface area contributed by atoms with E-state index in [1.807, 2.05) is 24.3 Å². The van der Waals surface area contributed by atoms with Crippen molar-refractivity contribution in [1.29, 1.82) is 0 Å². The Hall–Kier alpha value is -2.57. The number of nitrogens with zero attached hydrogens (tertiary/aromatic N) is 1. The minimum atomic E-state index is -0.265. The van der Waals surface area contributed by atoms with Gasteiger partial charge in [0.05, 0.1) is 19.8 Å². The van der Waals surface area contributed by atoms with E-state index in [4.69, 9.17) is 21.1 Å². The summed E-state index contributed by atoms with van der Waals surface area (Å²) in [5, 5.41) is 6.55. The number of methoxy groups -OCH3 is 1. The maximum Gasteiger partial charge on any atom is 0.257 e. The highest BCUT2D eigenvalue weighted by molar-refractivity contribution is 6.30. The van der Waals surface area contributed by atoms with Crippen LogP contribution in [0.4, 0.5) is 5.69 Å². The van der Waals surface area contributed by atoms with Crippen molar-refractivity contribution in [2.75, 3.05) is 25.6 Å². The topological polar surface area (TPSA) is 71.9 Å². The van der Waals surface area contributed by atoms with Gasteiger partial charge in [-0.25, -0.2) is 4.99 Å². The summed E-state index contributed by atoms with van der Waals surface area (Å²) in [6.45, 7) is 1.25. The summed E-state index contributed by atoms with van der Waals surface area (Å²) >= 11 is 5.88. The summed E-state index contributed by atoms with van der Waals surface area (Å²) in [6, 6.07) is 14.1. The van der Waals surface area contributed by atoms with Crippen molar-refractivity contribution in [2.45, 2.75) is 18.9 Å². The van der Waals surface area contributed by atoms with Gasteiger partial charge in [-0.1, -0.05) is 11.6 Å². The van der Waals surface area contributed by atoms with Gasteiger partial charge in [-0.15, -0.1) is 0 Å². The van der Waals surface area contributed by atoms with Gasteiger partial charge < -0.3 is 14.8 Å². The minimum absolute atomic E-state index is 0.0881. The largest absolute Gasteiger partial charge is 0.497 e. The highest BCUT2D eigenvalue weighted by Crippen LogP contribution is 2.16. The molecule has 0 bridgehead atoms. The highest BCUT2D eigenvalue weighted by atomic mass is 35.5. The highest BCUT2D eigenvalue weighted by Gasteiger charge is 2.16. The van der Waals surface area contributed by atoms with E-state index in [1.54, 1.807) is 31.4 Å². The molecule has 1 saturated heterocycles. The van der Waals surface area contributed by atoms with Crippen LogP contribution in [0.1, 0.15) is 23.2 Å². The lowest BCUT2D eigenvalue weighted by atomic mass is 10.2. The van der Waals surface area contributed by atoms with E-state index >= 15 is 0 Å². The van der Waals surface area contributed by atoms with E-state index in [9.17, 15) is 4.79 Å². The van der Waals surface area contributed by atoms with E-state index in [0.29, 0.717) is 23.1 Å². The fourth-order valence-corrected chi connectivity index (χ4v) is 2.81. The second kappa shape index (κ2) is 9.39. The average Bonchev–Trinajstić information content (AvgIpc) is 3.21. The number of hydrogen-bond acceptors (Lipinski definition) is 4. The number of aliphatic imine (C=N–C) groups is 1. The number of ether oxygens (including phenoxy) is 2. The molecule has 1 heterocycles. The van der Waals surface area contributed by atoms with Crippen molar-refractivity contribution in [3.05, 3.63) is 59.1 Å². The molecule has 27 heavy (non-hydrogen) atoms. The van der Waals surface area contributed by atoms with Crippen LogP contribution in [0.15, 0.2) is 53.5 Å². The van der Waals surface area contributed by atoms with Crippen LogP contribution in [0, 0.1) is 0 Å². The summed E-state index contributed by atoms with van der Waals surface area (Å²) < 4.78 is 10.8. The lowest BCUT2D eigenvalue weighted by molar-refractivity contribution is 0.0975. The standard InChI is InChI=1S/C20H22ClN3O3/c1-26-17-10-8-16(9-11-17)23-20(22-13-18-3-2-12-27-18)24-19(25)14-4-6-15(21)7-5-14/h4-11,18H,2-3,12-13H2,1H3,(H2,22,23,24,25). The zero-order valence-corrected chi connectivity index (χ0v) is 15.8. The van der Waals surface area contributed by atoms with Crippen LogP contribution in [-0.4, -0.2) is 38.2 Å². The first-order valence-corrected chi connectivity index (χ1v) is 9.16. The molecule has 1 aliphatic heterocycles. The molecule has 1 unspecified atom stereocenters. The summed E-state index contributed by atoms with van der Waals surface area (Å²) in [6.07, 6.45) is 2.10. The van der Waals surface area contributed by atoms with Gasteiger partial charge >= 0.3 is 0 Å². The summed E-state index contributed by atoms with van der Waals surface area (Å²) in [5.41, 5.74) is 1.29. The van der Waals surface area contributed by atoms with E-state index in [-0.39, 0.29) is 12.0 Å². The number of halogens is 1. The second-order valence-electron chi connectivity index (χ2n) is 6.14. The van der Waals surface area contributed by atoms with Crippen LogP contribution in [0.25, 0.3) is 0 Å². The van der Waals surface area contributed by atoms with Crippen LogP contribution in [0.5, 0.6) is 5.75 Å². The first kappa shape index (κ1) is 19.2. The maximum absolute atomic E-state index is 12.5. The van der Waals surface area contributed by atoms with Crippen LogP contribution in [-0.2, 0) is 4.74 Å². The third-order valence-electron chi connectivity index (χ3n) is 4.17. The molecule has 0 aliphatic carbocycles. The molecule has 0 saturated carbocycles. The molecule has 0 radical (unpaired) electrons. The zero-order chi connectivity index (χ0) is 19.1. The molecule has 142 valence electrons. The third-order valence-corrected chi connectivity index (χ3v) is 4.42. The quantitative estimate of drug-likeness (QED) is 0.605. The molecule has 1 amide bonds. The van der Waals surface area contributed by atoms with Crippen LogP contribution in [0.2, 0.25) is 5.02 Å². The van der Waals surface area contributed by atoms with Crippen molar-refractivity contribution in [2.24, 2.45) is 4.99 Å². The Morgan fingerprint density at radius 2 is 1.96 bits per heavy atom. The predicted molar refractivity (Wildman–Crippen MR) is 107 cm³/mol. The molecular formula is C20H22ClN3O3. The molecule has 3 rings (SSSR count). The molecular weight excluding hydrogens is 366 g/mol. The van der Waals surface area contributed by atoms with E-state index in [2.05, 4.69) is 15.6 Å². The van der Waals surface area contributed by atoms with Crippen LogP contribution < -0.4 is 15.4 Å². The first-order valence-electron chi connectivity index (χ1n) is 8.78. The average molecular weight is 388 g/mol. The molecule has 1 fully saturated rings. The normalized spacial score (nSPS) is 16.8. The number of carbonyl (C=O) groups excluding carboxylic acids is 1. The van der Waals surface area contributed by atoms with Gasteiger partial charge in [0.2, 0.25) is 5.96 Å². The van der Waals surface area contributed by atoms with Crippen molar-refractivity contribution in [1.82, 2.24) is 5.32 Å². The van der Waals surface area contributed by atoms with Gasteiger partial charge in [-0.05, 0) is 61.4 Å². The fourth-order valence-electron chi connectivity index (χ4n) is 2.68. The summed E-state index contributed by atoms with van der Waals surface area (Å²) in [4.78, 5) is 17.0. The number of guanidine groups is 1. The maximum atomic E-state index is 12.5. The molecule has 2 aromatic carbocycles. The summed E-state index contributed by atoms with van der Waals surface area (Å²) in [5.74, 6) is 0.859. The molecule has 2 aromatic rings. The van der Waals surface area contributed by atoms with E-state index < -0.39 is 0 Å². The number of rotatable bonds is 5. The van der Waals surface area contributed by atoms with Crippen molar-refractivity contribution in [3.63, 3.8) is 0 Å². The molecule has 0 spiro atoms. The van der Waals surface area contributed by atoms with Gasteiger partial charge in [-0.2, -0.15) is 0 Å². The van der Waals surface area contributed by atoms with Gasteiger partial charge in [0.1, 0.15) is 5.75 Å². The molecule has 0 aromatic heterocycles. The number of hydrogen-bond donors (Lipinski definition) is 2. The Bertz CT molecular complexity index is 785. The SMILES string of the molecule is COc1ccc(NC(=NCC2CCCO2)NC(=O)c2ccc(Cl)cc2)cc1. The summed E-state index contributed by atoms with van der Waals surface area (Å²) in [7, 11) is 1.61. The molecule has 1 aliphatic rings. The predicted octanol–water partition coefficient (Wildman–Crippen LogP) is 3.73. The molecule has 2 N–H and O–H groups in total. The van der Waals surface area contributed by atoms with Gasteiger partial charge in [0, 0.05) is 22.9 Å².